The summed E-state index contributed by atoms with van der Waals surface area (Å²) in [5.41, 5.74) is 0.953. The zero-order valence-corrected chi connectivity index (χ0v) is 13.9. The lowest BCUT2D eigenvalue weighted by Gasteiger charge is -2.29. The van der Waals surface area contributed by atoms with Crippen molar-refractivity contribution in [1.82, 2.24) is 15.3 Å². The predicted octanol–water partition coefficient (Wildman–Crippen LogP) is 3.56. The average Bonchev–Trinajstić information content (AvgIpc) is 2.71. The molecule has 0 amide bonds. The zero-order valence-electron chi connectivity index (χ0n) is 13.9. The Morgan fingerprint density at radius 3 is 2.14 bits per heavy atom. The van der Waals surface area contributed by atoms with Gasteiger partial charge in [0.1, 0.15) is 5.60 Å². The molecule has 1 saturated carbocycles. The fourth-order valence-electron chi connectivity index (χ4n) is 2.87. The molecule has 0 saturated heterocycles. The van der Waals surface area contributed by atoms with Gasteiger partial charge in [-0.05, 0) is 33.6 Å². The normalized spacial score (nSPS) is 19.2. The van der Waals surface area contributed by atoms with Gasteiger partial charge in [0.25, 0.3) is 0 Å². The summed E-state index contributed by atoms with van der Waals surface area (Å²) in [4.78, 5) is 9.22. The maximum atomic E-state index is 5.86. The average molecular weight is 291 g/mol. The van der Waals surface area contributed by atoms with Gasteiger partial charge in [-0.15, -0.1) is 0 Å². The van der Waals surface area contributed by atoms with E-state index in [2.05, 4.69) is 36.1 Å². The molecule has 0 spiro atoms. The number of aromatic nitrogens is 2. The van der Waals surface area contributed by atoms with E-state index in [1.165, 1.54) is 25.7 Å². The van der Waals surface area contributed by atoms with Crippen molar-refractivity contribution >= 4 is 0 Å². The lowest BCUT2D eigenvalue weighted by Crippen LogP contribution is -2.35. The minimum Gasteiger partial charge on any atom is -0.370 e. The highest BCUT2D eigenvalue weighted by Crippen LogP contribution is 2.36. The highest BCUT2D eigenvalue weighted by molar-refractivity contribution is 5.10. The van der Waals surface area contributed by atoms with Crippen LogP contribution >= 0.6 is 0 Å². The molecule has 0 aliphatic heterocycles. The summed E-state index contributed by atoms with van der Waals surface area (Å²) in [6, 6.07) is 0. The third-order valence-electron chi connectivity index (χ3n) is 4.24. The van der Waals surface area contributed by atoms with E-state index in [4.69, 9.17) is 4.74 Å². The molecule has 4 heteroatoms. The van der Waals surface area contributed by atoms with E-state index in [1.807, 2.05) is 12.4 Å². The van der Waals surface area contributed by atoms with Gasteiger partial charge in [-0.2, -0.15) is 0 Å². The highest BCUT2D eigenvalue weighted by atomic mass is 16.5. The monoisotopic (exact) mass is 291 g/mol. The van der Waals surface area contributed by atoms with Gasteiger partial charge < -0.3 is 10.1 Å². The number of nitrogens with zero attached hydrogens (tertiary/aromatic N) is 2. The molecule has 1 N–H and O–H groups in total. The molecule has 0 atom stereocenters. The lowest BCUT2D eigenvalue weighted by molar-refractivity contribution is -0.0352. The molecule has 1 aromatic rings. The van der Waals surface area contributed by atoms with Crippen LogP contribution in [0.25, 0.3) is 0 Å². The van der Waals surface area contributed by atoms with E-state index in [0.717, 1.165) is 30.8 Å². The van der Waals surface area contributed by atoms with Gasteiger partial charge in [0.2, 0.25) is 0 Å². The molecule has 1 aromatic heterocycles. The van der Waals surface area contributed by atoms with Gasteiger partial charge in [0.15, 0.2) is 5.82 Å². The van der Waals surface area contributed by atoms with Crippen LogP contribution in [-0.2, 0) is 16.9 Å². The summed E-state index contributed by atoms with van der Waals surface area (Å²) in [6.07, 6.45) is 10.9. The van der Waals surface area contributed by atoms with Crippen LogP contribution in [-0.4, -0.2) is 22.6 Å². The molecule has 4 nitrogen and oxygen atoms in total. The predicted molar refractivity (Wildman–Crippen MR) is 85.0 cm³/mol. The summed E-state index contributed by atoms with van der Waals surface area (Å²) < 4.78 is 5.86. The summed E-state index contributed by atoms with van der Waals surface area (Å²) in [5.74, 6) is 0.853. The molecule has 0 unspecified atom stereocenters. The number of ether oxygens (including phenoxy) is 1. The largest absolute Gasteiger partial charge is 0.370 e. The molecule has 0 radical (unpaired) electrons. The Bertz CT molecular complexity index is 428. The summed E-state index contributed by atoms with van der Waals surface area (Å²) in [5, 5.41) is 3.46. The third kappa shape index (κ3) is 4.48. The van der Waals surface area contributed by atoms with Gasteiger partial charge in [0.05, 0.1) is 0 Å². The van der Waals surface area contributed by atoms with Crippen LogP contribution < -0.4 is 5.32 Å². The first kappa shape index (κ1) is 16.4. The molecule has 1 heterocycles. The summed E-state index contributed by atoms with van der Waals surface area (Å²) in [7, 11) is 1.80. The molecule has 118 valence electrons. The Labute approximate surface area is 128 Å². The third-order valence-corrected chi connectivity index (χ3v) is 4.24. The van der Waals surface area contributed by atoms with Gasteiger partial charge >= 0.3 is 0 Å². The van der Waals surface area contributed by atoms with Gasteiger partial charge in [-0.3, -0.25) is 0 Å². The van der Waals surface area contributed by atoms with Crippen molar-refractivity contribution in [3.63, 3.8) is 0 Å². The van der Waals surface area contributed by atoms with Gasteiger partial charge in [0, 0.05) is 37.2 Å². The first-order valence-electron chi connectivity index (χ1n) is 8.07. The molecule has 0 aromatic carbocycles. The Kier molecular flexibility index (Phi) is 5.33. The summed E-state index contributed by atoms with van der Waals surface area (Å²) >= 11 is 0. The lowest BCUT2D eigenvalue weighted by atomic mass is 9.93. The number of methoxy groups -OCH3 is 1. The Hall–Kier alpha value is -1.00. The maximum Gasteiger partial charge on any atom is 0.160 e. The number of nitrogens with one attached hydrogen (secondary N) is 1. The Morgan fingerprint density at radius 1 is 1.10 bits per heavy atom. The van der Waals surface area contributed by atoms with Crippen molar-refractivity contribution in [2.45, 2.75) is 77.0 Å². The second-order valence-corrected chi connectivity index (χ2v) is 7.13. The number of hydrogen-bond donors (Lipinski definition) is 1. The number of rotatable bonds is 4. The van der Waals surface area contributed by atoms with Crippen LogP contribution in [0, 0.1) is 0 Å². The van der Waals surface area contributed by atoms with Crippen LogP contribution in [0.3, 0.4) is 0 Å². The molecule has 1 aliphatic rings. The second kappa shape index (κ2) is 6.84. The van der Waals surface area contributed by atoms with Crippen LogP contribution in [0.15, 0.2) is 12.4 Å². The van der Waals surface area contributed by atoms with Crippen LogP contribution in [0.5, 0.6) is 0 Å². The van der Waals surface area contributed by atoms with E-state index in [0.29, 0.717) is 0 Å². The quantitative estimate of drug-likeness (QED) is 0.862. The van der Waals surface area contributed by atoms with Gasteiger partial charge in [-0.25, -0.2) is 9.97 Å². The second-order valence-electron chi connectivity index (χ2n) is 7.13. The molecule has 2 rings (SSSR count). The van der Waals surface area contributed by atoms with Crippen molar-refractivity contribution in [2.75, 3.05) is 7.11 Å². The van der Waals surface area contributed by atoms with E-state index >= 15 is 0 Å². The van der Waals surface area contributed by atoms with E-state index < -0.39 is 0 Å². The topological polar surface area (TPSA) is 47.0 Å². The van der Waals surface area contributed by atoms with Crippen LogP contribution in [0.4, 0.5) is 0 Å². The fraction of sp³-hybridized carbons (Fsp3) is 0.765. The first-order chi connectivity index (χ1) is 9.95. The minimum atomic E-state index is -0.271. The van der Waals surface area contributed by atoms with Crippen molar-refractivity contribution < 1.29 is 4.74 Å². The van der Waals surface area contributed by atoms with Crippen LogP contribution in [0.1, 0.15) is 70.7 Å². The van der Waals surface area contributed by atoms with E-state index in [9.17, 15) is 0 Å². The van der Waals surface area contributed by atoms with Crippen LogP contribution in [0.2, 0.25) is 0 Å². The molecule has 21 heavy (non-hydrogen) atoms. The van der Waals surface area contributed by atoms with E-state index in [-0.39, 0.29) is 11.1 Å². The zero-order chi connectivity index (χ0) is 15.3. The summed E-state index contributed by atoms with van der Waals surface area (Å²) in [6.45, 7) is 7.28. The SMILES string of the molecule is COC1(c2ncc(CNC(C)(C)C)cn2)CCCCCC1. The minimum absolute atomic E-state index is 0.105. The molecule has 1 fully saturated rings. The Morgan fingerprint density at radius 2 is 1.67 bits per heavy atom. The first-order valence-corrected chi connectivity index (χ1v) is 8.07. The van der Waals surface area contributed by atoms with Crippen molar-refractivity contribution in [3.05, 3.63) is 23.8 Å². The number of hydrogen-bond acceptors (Lipinski definition) is 4. The maximum absolute atomic E-state index is 5.86. The smallest absolute Gasteiger partial charge is 0.160 e. The molecular formula is C17H29N3O. The van der Waals surface area contributed by atoms with Crippen molar-refractivity contribution in [1.29, 1.82) is 0 Å². The molecule has 1 aliphatic carbocycles. The Balaban J connectivity index is 2.09. The molecule has 0 bridgehead atoms. The van der Waals surface area contributed by atoms with Crippen molar-refractivity contribution in [2.24, 2.45) is 0 Å². The standard InChI is InChI=1S/C17H29N3O/c1-16(2,3)20-13-14-11-18-15(19-12-14)17(21-4)9-7-5-6-8-10-17/h11-12,20H,5-10,13H2,1-4H3. The fourth-order valence-corrected chi connectivity index (χ4v) is 2.87. The highest BCUT2D eigenvalue weighted by Gasteiger charge is 2.35. The van der Waals surface area contributed by atoms with E-state index in [1.54, 1.807) is 7.11 Å². The van der Waals surface area contributed by atoms with Crippen molar-refractivity contribution in [3.8, 4) is 0 Å². The molecular weight excluding hydrogens is 262 g/mol. The van der Waals surface area contributed by atoms with Gasteiger partial charge in [-0.1, -0.05) is 25.7 Å².